The lowest BCUT2D eigenvalue weighted by molar-refractivity contribution is 0.114. The van der Waals surface area contributed by atoms with Crippen molar-refractivity contribution >= 4 is 34.9 Å². The highest BCUT2D eigenvalue weighted by molar-refractivity contribution is 7.80. The van der Waals surface area contributed by atoms with E-state index in [1.54, 1.807) is 7.11 Å². The Kier molecular flexibility index (Phi) is 8.12. The first kappa shape index (κ1) is 24.2. The van der Waals surface area contributed by atoms with Crippen LogP contribution in [0.5, 0.6) is 5.75 Å². The fraction of sp³-hybridized carbons (Fsp3) is 0.500. The van der Waals surface area contributed by atoms with Crippen molar-refractivity contribution in [3.8, 4) is 5.75 Å². The molecule has 0 amide bonds. The molecule has 1 unspecified atom stereocenters. The summed E-state index contributed by atoms with van der Waals surface area (Å²) in [5, 5.41) is 6.99. The number of rotatable bonds is 5. The summed E-state index contributed by atoms with van der Waals surface area (Å²) < 4.78 is 11.0. The summed E-state index contributed by atoms with van der Waals surface area (Å²) in [7, 11) is 1.68. The maximum Gasteiger partial charge on any atom is 0.229 e. The molecule has 34 heavy (non-hydrogen) atoms. The molecule has 1 aromatic heterocycles. The van der Waals surface area contributed by atoms with Crippen LogP contribution in [0.25, 0.3) is 0 Å². The summed E-state index contributed by atoms with van der Waals surface area (Å²) in [6.45, 7) is 8.69. The number of aryl methyl sites for hydroxylation is 2. The Labute approximate surface area is 206 Å². The summed E-state index contributed by atoms with van der Waals surface area (Å²) in [5.74, 6) is 2.04. The first-order chi connectivity index (χ1) is 16.5. The van der Waals surface area contributed by atoms with Crippen LogP contribution in [0.4, 0.5) is 11.6 Å². The summed E-state index contributed by atoms with van der Waals surface area (Å²) in [5.41, 5.74) is 2.98. The number of aromatic nitrogens is 2. The fourth-order valence-corrected chi connectivity index (χ4v) is 4.34. The van der Waals surface area contributed by atoms with Gasteiger partial charge in [0, 0.05) is 56.4 Å². The summed E-state index contributed by atoms with van der Waals surface area (Å²) in [6.07, 6.45) is 2.34. The Morgan fingerprint density at radius 1 is 1.15 bits per heavy atom. The van der Waals surface area contributed by atoms with E-state index in [0.29, 0.717) is 23.6 Å². The van der Waals surface area contributed by atoms with Gasteiger partial charge in [-0.1, -0.05) is 0 Å². The molecule has 3 heterocycles. The van der Waals surface area contributed by atoms with Gasteiger partial charge < -0.3 is 24.6 Å². The number of benzene rings is 1. The minimum Gasteiger partial charge on any atom is -0.497 e. The van der Waals surface area contributed by atoms with Gasteiger partial charge in [0.25, 0.3) is 0 Å². The second-order valence-corrected chi connectivity index (χ2v) is 8.91. The van der Waals surface area contributed by atoms with Gasteiger partial charge in [-0.15, -0.1) is 0 Å². The number of piperazine rings is 1. The van der Waals surface area contributed by atoms with Crippen molar-refractivity contribution in [2.75, 3.05) is 56.7 Å². The molecule has 4 rings (SSSR count). The average molecular weight is 484 g/mol. The van der Waals surface area contributed by atoms with Gasteiger partial charge in [0.15, 0.2) is 5.11 Å². The van der Waals surface area contributed by atoms with Crippen LogP contribution in [-0.2, 0) is 4.74 Å². The normalized spacial score (nSPS) is 18.7. The molecular weight excluding hydrogens is 450 g/mol. The second-order valence-electron chi connectivity index (χ2n) is 8.53. The molecule has 2 aromatic rings. The second kappa shape index (κ2) is 11.4. The SMILES string of the molecule is COc1ccc(N2CCN(/C(=N\C(=S)NCC3CCCO3)Nc3nc(C)cc(C)n3)CC2)cc1. The number of hydrogen-bond acceptors (Lipinski definition) is 6. The zero-order chi connectivity index (χ0) is 23.9. The lowest BCUT2D eigenvalue weighted by Crippen LogP contribution is -2.51. The maximum absolute atomic E-state index is 5.68. The van der Waals surface area contributed by atoms with E-state index in [-0.39, 0.29) is 6.10 Å². The predicted molar refractivity (Wildman–Crippen MR) is 139 cm³/mol. The topological polar surface area (TPSA) is 87.1 Å². The molecule has 2 N–H and O–H groups in total. The Balaban J connectivity index is 1.44. The van der Waals surface area contributed by atoms with E-state index in [1.165, 1.54) is 5.69 Å². The van der Waals surface area contributed by atoms with Gasteiger partial charge in [-0.2, -0.15) is 4.99 Å². The summed E-state index contributed by atoms with van der Waals surface area (Å²) >= 11 is 5.54. The third-order valence-electron chi connectivity index (χ3n) is 5.94. The molecule has 2 fully saturated rings. The zero-order valence-electron chi connectivity index (χ0n) is 20.1. The highest BCUT2D eigenvalue weighted by Gasteiger charge is 2.22. The van der Waals surface area contributed by atoms with Crippen LogP contribution in [0.3, 0.4) is 0 Å². The number of ether oxygens (including phenoxy) is 2. The van der Waals surface area contributed by atoms with Crippen molar-refractivity contribution in [1.29, 1.82) is 0 Å². The van der Waals surface area contributed by atoms with Crippen LogP contribution in [0, 0.1) is 13.8 Å². The van der Waals surface area contributed by atoms with Crippen molar-refractivity contribution in [2.45, 2.75) is 32.8 Å². The Morgan fingerprint density at radius 3 is 2.47 bits per heavy atom. The standard InChI is InChI=1S/C24H33N7O2S/c1-17-15-18(2)27-22(26-17)28-23(29-24(34)25-16-21-5-4-14-33-21)31-12-10-30(11-13-31)19-6-8-20(32-3)9-7-19/h6-9,15,21H,4-5,10-14,16H2,1-3H3,(H2,25,26,27,28,29,34). The molecule has 2 saturated heterocycles. The van der Waals surface area contributed by atoms with Gasteiger partial charge in [0.1, 0.15) is 5.75 Å². The molecule has 0 spiro atoms. The fourth-order valence-electron chi connectivity index (χ4n) is 4.17. The van der Waals surface area contributed by atoms with Crippen LogP contribution in [-0.4, -0.2) is 78.5 Å². The maximum atomic E-state index is 5.68. The van der Waals surface area contributed by atoms with Gasteiger partial charge in [-0.05, 0) is 69.2 Å². The molecule has 182 valence electrons. The number of thiocarbonyl (C=S) groups is 1. The van der Waals surface area contributed by atoms with Gasteiger partial charge in [0.05, 0.1) is 13.2 Å². The Bertz CT molecular complexity index is 981. The zero-order valence-corrected chi connectivity index (χ0v) is 20.9. The number of guanidine groups is 1. The molecule has 10 heteroatoms. The Hall–Kier alpha value is -2.98. The number of methoxy groups -OCH3 is 1. The molecule has 1 aromatic carbocycles. The third-order valence-corrected chi connectivity index (χ3v) is 6.17. The molecule has 2 aliphatic heterocycles. The van der Waals surface area contributed by atoms with E-state index >= 15 is 0 Å². The van der Waals surface area contributed by atoms with Gasteiger partial charge >= 0.3 is 0 Å². The van der Waals surface area contributed by atoms with Crippen LogP contribution < -0.4 is 20.3 Å². The number of nitrogens with zero attached hydrogens (tertiary/aromatic N) is 5. The highest BCUT2D eigenvalue weighted by Crippen LogP contribution is 2.21. The predicted octanol–water partition coefficient (Wildman–Crippen LogP) is 2.75. The minimum absolute atomic E-state index is 0.195. The number of nitrogens with one attached hydrogen (secondary N) is 2. The molecule has 9 nitrogen and oxygen atoms in total. The van der Waals surface area contributed by atoms with Crippen LogP contribution in [0.2, 0.25) is 0 Å². The molecule has 1 atom stereocenters. The summed E-state index contributed by atoms with van der Waals surface area (Å²) in [6, 6.07) is 10.1. The van der Waals surface area contributed by atoms with E-state index in [1.807, 2.05) is 32.0 Å². The van der Waals surface area contributed by atoms with Crippen molar-refractivity contribution in [2.24, 2.45) is 4.99 Å². The number of aliphatic imine (C=N–C) groups is 1. The average Bonchev–Trinajstić information content (AvgIpc) is 3.36. The van der Waals surface area contributed by atoms with E-state index in [0.717, 1.165) is 62.8 Å². The van der Waals surface area contributed by atoms with Crippen molar-refractivity contribution in [1.82, 2.24) is 20.2 Å². The van der Waals surface area contributed by atoms with E-state index in [4.69, 9.17) is 26.7 Å². The minimum atomic E-state index is 0.195. The van der Waals surface area contributed by atoms with E-state index in [2.05, 4.69) is 42.5 Å². The quantitative estimate of drug-likeness (QED) is 0.379. The van der Waals surface area contributed by atoms with Gasteiger partial charge in [-0.3, -0.25) is 5.32 Å². The molecule has 0 saturated carbocycles. The lowest BCUT2D eigenvalue weighted by Gasteiger charge is -2.37. The van der Waals surface area contributed by atoms with Crippen LogP contribution in [0.15, 0.2) is 35.3 Å². The first-order valence-corrected chi connectivity index (χ1v) is 12.1. The molecular formula is C24H33N7O2S. The van der Waals surface area contributed by atoms with Crippen LogP contribution in [0.1, 0.15) is 24.2 Å². The van der Waals surface area contributed by atoms with Crippen molar-refractivity contribution < 1.29 is 9.47 Å². The third kappa shape index (κ3) is 6.54. The molecule has 2 aliphatic rings. The molecule has 0 aliphatic carbocycles. The van der Waals surface area contributed by atoms with Gasteiger partial charge in [-0.25, -0.2) is 9.97 Å². The molecule has 0 bridgehead atoms. The van der Waals surface area contributed by atoms with E-state index < -0.39 is 0 Å². The van der Waals surface area contributed by atoms with Crippen LogP contribution >= 0.6 is 12.2 Å². The smallest absolute Gasteiger partial charge is 0.229 e. The van der Waals surface area contributed by atoms with Crippen molar-refractivity contribution in [3.63, 3.8) is 0 Å². The summed E-state index contributed by atoms with van der Waals surface area (Å²) in [4.78, 5) is 18.3. The first-order valence-electron chi connectivity index (χ1n) is 11.7. The van der Waals surface area contributed by atoms with Gasteiger partial charge in [0.2, 0.25) is 11.9 Å². The largest absolute Gasteiger partial charge is 0.497 e. The Morgan fingerprint density at radius 2 is 1.85 bits per heavy atom. The lowest BCUT2D eigenvalue weighted by atomic mass is 10.2. The molecule has 0 radical (unpaired) electrons. The monoisotopic (exact) mass is 483 g/mol. The number of hydrogen-bond donors (Lipinski definition) is 2. The number of anilines is 2. The highest BCUT2D eigenvalue weighted by atomic mass is 32.1. The van der Waals surface area contributed by atoms with Crippen molar-refractivity contribution in [3.05, 3.63) is 41.7 Å². The van der Waals surface area contributed by atoms with E-state index in [9.17, 15) is 0 Å².